The molecule has 2 atom stereocenters. The van der Waals surface area contributed by atoms with Crippen LogP contribution in [0.5, 0.6) is 0 Å². The molecule has 9 nitrogen and oxygen atoms in total. The van der Waals surface area contributed by atoms with E-state index < -0.39 is 94.6 Å². The molecule has 0 bridgehead atoms. The fraction of sp³-hybridized carbons (Fsp3) is 0.269. The SMILES string of the molecule is Cc1cc(F)c(-c2cc(C(F)(F)F)c3c(N)ncnn23)cc1C(=O)N[C@@H]1CN(C(=O)c2cnccc2C(F)(F)F)C[C@@H]1F. The van der Waals surface area contributed by atoms with Crippen molar-refractivity contribution in [2.45, 2.75) is 31.5 Å². The molecule has 1 aliphatic heterocycles. The molecule has 0 unspecified atom stereocenters. The molecule has 1 aliphatic rings. The summed E-state index contributed by atoms with van der Waals surface area (Å²) in [4.78, 5) is 33.9. The lowest BCUT2D eigenvalue weighted by Gasteiger charge is -2.19. The summed E-state index contributed by atoms with van der Waals surface area (Å²) in [5, 5.41) is 6.09. The molecule has 4 heterocycles. The van der Waals surface area contributed by atoms with Crippen LogP contribution in [0.15, 0.2) is 43.0 Å². The molecule has 1 fully saturated rings. The molecule has 17 heteroatoms. The van der Waals surface area contributed by atoms with E-state index in [0.29, 0.717) is 18.3 Å². The van der Waals surface area contributed by atoms with Crippen molar-refractivity contribution in [3.8, 4) is 11.3 Å². The van der Waals surface area contributed by atoms with Crippen LogP contribution in [-0.4, -0.2) is 61.6 Å². The maximum Gasteiger partial charge on any atom is 0.418 e. The van der Waals surface area contributed by atoms with Crippen LogP contribution in [0.25, 0.3) is 16.8 Å². The molecular weight excluding hydrogens is 594 g/mol. The summed E-state index contributed by atoms with van der Waals surface area (Å²) in [6.07, 6.45) is -9.25. The van der Waals surface area contributed by atoms with Crippen LogP contribution >= 0.6 is 0 Å². The first-order valence-corrected chi connectivity index (χ1v) is 12.3. The van der Waals surface area contributed by atoms with Gasteiger partial charge in [0.25, 0.3) is 11.8 Å². The first-order valence-electron chi connectivity index (χ1n) is 12.3. The number of hydrogen-bond donors (Lipinski definition) is 2. The number of nitrogens with two attached hydrogens (primary N) is 1. The number of aryl methyl sites for hydroxylation is 1. The minimum atomic E-state index is -4.91. The predicted octanol–water partition coefficient (Wildman–Crippen LogP) is 4.45. The average molecular weight is 613 g/mol. The van der Waals surface area contributed by atoms with Crippen LogP contribution in [0, 0.1) is 12.7 Å². The molecular formula is C26H19F8N7O2. The van der Waals surface area contributed by atoms with E-state index in [0.717, 1.165) is 34.1 Å². The summed E-state index contributed by atoms with van der Waals surface area (Å²) in [6.45, 7) is 0.193. The molecule has 0 aliphatic carbocycles. The summed E-state index contributed by atoms with van der Waals surface area (Å²) in [7, 11) is 0. The quantitative estimate of drug-likeness (QED) is 0.329. The van der Waals surface area contributed by atoms with E-state index in [1.165, 1.54) is 6.92 Å². The number of carbonyl (C=O) groups is 2. The molecule has 3 aromatic heterocycles. The molecule has 4 aromatic rings. The van der Waals surface area contributed by atoms with E-state index in [-0.39, 0.29) is 11.1 Å². The first kappa shape index (κ1) is 29.7. The Morgan fingerprint density at radius 1 is 1.02 bits per heavy atom. The van der Waals surface area contributed by atoms with Gasteiger partial charge >= 0.3 is 12.4 Å². The molecule has 5 rings (SSSR count). The van der Waals surface area contributed by atoms with E-state index >= 15 is 4.39 Å². The lowest BCUT2D eigenvalue weighted by atomic mass is 10.0. The second-order valence-corrected chi connectivity index (χ2v) is 9.72. The van der Waals surface area contributed by atoms with Crippen LogP contribution in [0.1, 0.15) is 37.4 Å². The highest BCUT2D eigenvalue weighted by atomic mass is 19.4. The Morgan fingerprint density at radius 3 is 2.40 bits per heavy atom. The number of carbonyl (C=O) groups excluding carboxylic acids is 2. The number of hydrogen-bond acceptors (Lipinski definition) is 6. The third kappa shape index (κ3) is 5.41. The monoisotopic (exact) mass is 613 g/mol. The number of amides is 2. The Labute approximate surface area is 236 Å². The molecule has 1 saturated heterocycles. The van der Waals surface area contributed by atoms with Crippen LogP contribution in [0.2, 0.25) is 0 Å². The standard InChI is InChI=1S/C26H19F8N7O2/c1-11-4-17(27)13(20-6-16(26(32,33)34)21-22(35)37-10-38-41(20)21)5-12(11)23(42)39-19-9-40(8-18(19)28)24(43)14-7-36-3-2-15(14)25(29,30)31/h2-7,10,18-19H,8-9H2,1H3,(H,39,42)(H2,35,37,38)/t18-,19+/m0/s1. The Balaban J connectivity index is 1.43. The minimum Gasteiger partial charge on any atom is -0.382 e. The highest BCUT2D eigenvalue weighted by Crippen LogP contribution is 2.39. The number of nitrogens with zero attached hydrogens (tertiary/aromatic N) is 5. The molecule has 226 valence electrons. The van der Waals surface area contributed by atoms with E-state index in [2.05, 4.69) is 20.4 Å². The van der Waals surface area contributed by atoms with Gasteiger partial charge in [-0.15, -0.1) is 0 Å². The largest absolute Gasteiger partial charge is 0.418 e. The van der Waals surface area contributed by atoms with Crippen LogP contribution in [0.3, 0.4) is 0 Å². The smallest absolute Gasteiger partial charge is 0.382 e. The zero-order chi connectivity index (χ0) is 31.4. The van der Waals surface area contributed by atoms with Crippen LogP contribution in [0.4, 0.5) is 40.9 Å². The molecule has 0 spiro atoms. The van der Waals surface area contributed by atoms with Gasteiger partial charge in [0.15, 0.2) is 5.82 Å². The number of benzene rings is 1. The summed E-state index contributed by atoms with van der Waals surface area (Å²) in [5.41, 5.74) is 0.633. The van der Waals surface area contributed by atoms with Crippen LogP contribution < -0.4 is 11.1 Å². The van der Waals surface area contributed by atoms with E-state index in [9.17, 15) is 40.3 Å². The number of pyridine rings is 1. The van der Waals surface area contributed by atoms with Gasteiger partial charge in [-0.3, -0.25) is 14.6 Å². The van der Waals surface area contributed by atoms with Gasteiger partial charge in [0, 0.05) is 30.1 Å². The van der Waals surface area contributed by atoms with Crippen molar-refractivity contribution in [1.82, 2.24) is 29.8 Å². The summed E-state index contributed by atoms with van der Waals surface area (Å²) in [5.74, 6) is -3.65. The number of nitrogen functional groups attached to an aromatic ring is 1. The number of nitrogens with one attached hydrogen (secondary N) is 1. The number of fused-ring (bicyclic) bond motifs is 1. The number of rotatable bonds is 4. The van der Waals surface area contributed by atoms with Gasteiger partial charge in [-0.05, 0) is 36.8 Å². The van der Waals surface area contributed by atoms with Crippen molar-refractivity contribution in [1.29, 1.82) is 0 Å². The van der Waals surface area contributed by atoms with Gasteiger partial charge in [-0.1, -0.05) is 0 Å². The maximum atomic E-state index is 15.1. The number of likely N-dealkylation sites (tertiary alicyclic amines) is 1. The Morgan fingerprint density at radius 2 is 1.72 bits per heavy atom. The lowest BCUT2D eigenvalue weighted by Crippen LogP contribution is -2.42. The first-order chi connectivity index (χ1) is 20.1. The van der Waals surface area contributed by atoms with Crippen molar-refractivity contribution < 1.29 is 44.7 Å². The normalized spacial score (nSPS) is 17.5. The number of halogens is 8. The van der Waals surface area contributed by atoms with Crippen LogP contribution in [-0.2, 0) is 12.4 Å². The van der Waals surface area contributed by atoms with Gasteiger partial charge in [-0.2, -0.15) is 31.4 Å². The number of anilines is 1. The third-order valence-corrected chi connectivity index (χ3v) is 6.93. The second kappa shape index (κ2) is 10.5. The van der Waals surface area contributed by atoms with Gasteiger partial charge in [0.05, 0.1) is 35.0 Å². The Hall–Kier alpha value is -4.83. The van der Waals surface area contributed by atoms with Crippen molar-refractivity contribution in [3.63, 3.8) is 0 Å². The van der Waals surface area contributed by atoms with Gasteiger partial charge in [0.2, 0.25) is 0 Å². The summed E-state index contributed by atoms with van der Waals surface area (Å²) >= 11 is 0. The van der Waals surface area contributed by atoms with Crippen molar-refractivity contribution in [2.75, 3.05) is 18.8 Å². The summed E-state index contributed by atoms with van der Waals surface area (Å²) in [6, 6.07) is 1.68. The number of alkyl halides is 7. The maximum absolute atomic E-state index is 15.1. The summed E-state index contributed by atoms with van der Waals surface area (Å²) < 4.78 is 112. The zero-order valence-electron chi connectivity index (χ0n) is 21.8. The zero-order valence-corrected chi connectivity index (χ0v) is 21.8. The topological polar surface area (TPSA) is 119 Å². The molecule has 3 N–H and O–H groups in total. The molecule has 2 amide bonds. The van der Waals surface area contributed by atoms with Gasteiger partial charge in [0.1, 0.15) is 23.8 Å². The highest BCUT2D eigenvalue weighted by Gasteiger charge is 2.41. The Kier molecular flexibility index (Phi) is 7.22. The minimum absolute atomic E-state index is 0.0383. The average Bonchev–Trinajstić information content (AvgIpc) is 3.49. The second-order valence-electron chi connectivity index (χ2n) is 9.72. The fourth-order valence-electron chi connectivity index (χ4n) is 4.88. The molecule has 0 radical (unpaired) electrons. The van der Waals surface area contributed by atoms with Crippen molar-refractivity contribution >= 4 is 23.1 Å². The number of aromatic nitrogens is 4. The predicted molar refractivity (Wildman–Crippen MR) is 134 cm³/mol. The van der Waals surface area contributed by atoms with Crippen molar-refractivity contribution in [2.24, 2.45) is 0 Å². The van der Waals surface area contributed by atoms with E-state index in [1.54, 1.807) is 0 Å². The van der Waals surface area contributed by atoms with E-state index in [1.807, 2.05) is 0 Å². The van der Waals surface area contributed by atoms with Gasteiger partial charge in [-0.25, -0.2) is 18.3 Å². The Bertz CT molecular complexity index is 1750. The lowest BCUT2D eigenvalue weighted by molar-refractivity contribution is -0.138. The molecule has 43 heavy (non-hydrogen) atoms. The molecule has 0 saturated carbocycles. The third-order valence-electron chi connectivity index (χ3n) is 6.93. The van der Waals surface area contributed by atoms with Gasteiger partial charge < -0.3 is 16.0 Å². The fourth-order valence-corrected chi connectivity index (χ4v) is 4.88. The molecule has 1 aromatic carbocycles. The highest BCUT2D eigenvalue weighted by molar-refractivity contribution is 5.98. The van der Waals surface area contributed by atoms with Crippen molar-refractivity contribution in [3.05, 3.63) is 76.6 Å². The van der Waals surface area contributed by atoms with E-state index in [4.69, 9.17) is 5.73 Å².